The average Bonchev–Trinajstić information content (AvgIpc) is 2.46. The Morgan fingerprint density at radius 1 is 0.909 bits per heavy atom. The van der Waals surface area contributed by atoms with E-state index in [1.165, 1.54) is 0 Å². The van der Waals surface area contributed by atoms with Gasteiger partial charge in [0, 0.05) is 6.42 Å². The minimum absolute atomic E-state index is 0.680. The van der Waals surface area contributed by atoms with Crippen LogP contribution < -0.4 is 0 Å². The van der Waals surface area contributed by atoms with E-state index in [2.05, 4.69) is 4.74 Å². The highest BCUT2D eigenvalue weighted by Crippen LogP contribution is 2.10. The summed E-state index contributed by atoms with van der Waals surface area (Å²) in [7, 11) is 0. The first-order valence-electron chi connectivity index (χ1n) is 5.95. The molecule has 0 aliphatic carbocycles. The van der Waals surface area contributed by atoms with E-state index in [1.807, 2.05) is 0 Å². The van der Waals surface area contributed by atoms with Crippen LogP contribution in [0, 0.1) is 0 Å². The van der Waals surface area contributed by atoms with E-state index in [9.17, 15) is 29.4 Å². The number of aliphatic hydroxyl groups is 4. The molecule has 6 N–H and O–H groups in total. The van der Waals surface area contributed by atoms with E-state index in [1.54, 1.807) is 0 Å². The lowest BCUT2D eigenvalue weighted by molar-refractivity contribution is -0.183. The number of aliphatic carboxylic acids is 2. The molecule has 126 valence electrons. The molecule has 0 aromatic carbocycles. The van der Waals surface area contributed by atoms with E-state index >= 15 is 0 Å². The fourth-order valence-electron chi connectivity index (χ4n) is 1.28. The van der Waals surface area contributed by atoms with Crippen LogP contribution in [0.5, 0.6) is 0 Å². The van der Waals surface area contributed by atoms with Crippen LogP contribution >= 0.6 is 0 Å². The van der Waals surface area contributed by atoms with Gasteiger partial charge in [0.05, 0.1) is 13.0 Å². The highest BCUT2D eigenvalue weighted by Gasteiger charge is 2.39. The maximum atomic E-state index is 11.3. The molecular formula is C11H16O11. The predicted molar refractivity (Wildman–Crippen MR) is 64.5 cm³/mol. The van der Waals surface area contributed by atoms with Crippen LogP contribution in [0.1, 0.15) is 12.8 Å². The standard InChI is InChI=1S/C11H16O11/c12-3-5(14)7(17)8(18)9(10(19)20)22-11(21)4(13)1-2-6(15)16/h5,7-9,12,14,17-18H,1-3H2,(H,15,16)(H,19,20)/t5-,7-,8+,9-/m1/s1. The molecule has 0 aromatic rings. The van der Waals surface area contributed by atoms with E-state index in [-0.39, 0.29) is 0 Å². The molecule has 0 saturated heterocycles. The van der Waals surface area contributed by atoms with Crippen molar-refractivity contribution < 1.29 is 54.6 Å². The van der Waals surface area contributed by atoms with Crippen LogP contribution in [0.2, 0.25) is 0 Å². The molecule has 0 heterocycles. The van der Waals surface area contributed by atoms with Gasteiger partial charge in [-0.05, 0) is 0 Å². The van der Waals surface area contributed by atoms with Crippen LogP contribution in [-0.4, -0.2) is 85.4 Å². The molecule has 0 spiro atoms. The Labute approximate surface area is 123 Å². The van der Waals surface area contributed by atoms with Crippen molar-refractivity contribution in [1.29, 1.82) is 0 Å². The molecule has 0 bridgehead atoms. The first kappa shape index (κ1) is 19.9. The third-order valence-electron chi connectivity index (χ3n) is 2.51. The van der Waals surface area contributed by atoms with Crippen molar-refractivity contribution in [2.45, 2.75) is 37.3 Å². The Bertz CT molecular complexity index is 432. The lowest BCUT2D eigenvalue weighted by atomic mass is 10.0. The number of carbonyl (C=O) groups is 4. The molecule has 0 aliphatic heterocycles. The summed E-state index contributed by atoms with van der Waals surface area (Å²) in [6.07, 6.45) is -10.2. The number of hydrogen-bond acceptors (Lipinski definition) is 9. The largest absolute Gasteiger partial charge is 0.481 e. The van der Waals surface area contributed by atoms with Gasteiger partial charge in [-0.3, -0.25) is 9.59 Å². The number of carbonyl (C=O) groups excluding carboxylic acids is 2. The van der Waals surface area contributed by atoms with Crippen molar-refractivity contribution in [2.24, 2.45) is 0 Å². The second-order valence-corrected chi connectivity index (χ2v) is 4.21. The molecule has 0 amide bonds. The van der Waals surface area contributed by atoms with Gasteiger partial charge in [-0.1, -0.05) is 0 Å². The smallest absolute Gasteiger partial charge is 0.375 e. The Balaban J connectivity index is 4.84. The van der Waals surface area contributed by atoms with Crippen molar-refractivity contribution in [3.8, 4) is 0 Å². The first-order chi connectivity index (χ1) is 10.1. The summed E-state index contributed by atoms with van der Waals surface area (Å²) in [5, 5.41) is 53.7. The lowest BCUT2D eigenvalue weighted by Crippen LogP contribution is -2.50. The number of rotatable bonds is 10. The number of ketones is 1. The minimum atomic E-state index is -2.39. The quantitative estimate of drug-likeness (QED) is 0.172. The summed E-state index contributed by atoms with van der Waals surface area (Å²) >= 11 is 0. The summed E-state index contributed by atoms with van der Waals surface area (Å²) < 4.78 is 4.20. The van der Waals surface area contributed by atoms with E-state index in [0.29, 0.717) is 0 Å². The molecule has 0 fully saturated rings. The van der Waals surface area contributed by atoms with Gasteiger partial charge in [0.2, 0.25) is 11.9 Å². The van der Waals surface area contributed by atoms with Crippen molar-refractivity contribution in [2.75, 3.05) is 6.61 Å². The van der Waals surface area contributed by atoms with Crippen molar-refractivity contribution in [3.63, 3.8) is 0 Å². The Morgan fingerprint density at radius 2 is 1.45 bits per heavy atom. The highest BCUT2D eigenvalue weighted by molar-refractivity contribution is 6.34. The van der Waals surface area contributed by atoms with Crippen molar-refractivity contribution in [3.05, 3.63) is 0 Å². The summed E-state index contributed by atoms with van der Waals surface area (Å²) in [6.45, 7) is -1.00. The van der Waals surface area contributed by atoms with Crippen LogP contribution in [0.3, 0.4) is 0 Å². The summed E-state index contributed by atoms with van der Waals surface area (Å²) in [5.41, 5.74) is 0. The second kappa shape index (κ2) is 9.04. The molecule has 22 heavy (non-hydrogen) atoms. The van der Waals surface area contributed by atoms with Gasteiger partial charge in [0.15, 0.2) is 0 Å². The molecular weight excluding hydrogens is 308 g/mol. The Kier molecular flexibility index (Phi) is 8.19. The van der Waals surface area contributed by atoms with Gasteiger partial charge < -0.3 is 35.4 Å². The monoisotopic (exact) mass is 324 g/mol. The molecule has 0 aliphatic rings. The Morgan fingerprint density at radius 3 is 1.86 bits per heavy atom. The van der Waals surface area contributed by atoms with Crippen LogP contribution in [0.4, 0.5) is 0 Å². The molecule has 11 nitrogen and oxygen atoms in total. The SMILES string of the molecule is O=C(O)CCC(=O)C(=O)O[C@@H](C(=O)O)[C@@H](O)[C@H](O)[C@H](O)CO. The zero-order valence-electron chi connectivity index (χ0n) is 11.2. The molecule has 0 unspecified atom stereocenters. The predicted octanol–water partition coefficient (Wildman–Crippen LogP) is -3.51. The summed E-state index contributed by atoms with van der Waals surface area (Å²) in [5.74, 6) is -6.33. The van der Waals surface area contributed by atoms with Gasteiger partial charge in [-0.15, -0.1) is 0 Å². The number of aliphatic hydroxyl groups excluding tert-OH is 4. The molecule has 4 atom stereocenters. The number of hydrogen-bond donors (Lipinski definition) is 6. The number of ether oxygens (including phenoxy) is 1. The third kappa shape index (κ3) is 6.13. The lowest BCUT2D eigenvalue weighted by Gasteiger charge is -2.25. The summed E-state index contributed by atoms with van der Waals surface area (Å²) in [4.78, 5) is 43.6. The van der Waals surface area contributed by atoms with Gasteiger partial charge >= 0.3 is 17.9 Å². The van der Waals surface area contributed by atoms with Crippen molar-refractivity contribution in [1.82, 2.24) is 0 Å². The number of carboxylic acid groups (broad SMARTS) is 2. The topological polar surface area (TPSA) is 199 Å². The highest BCUT2D eigenvalue weighted by atomic mass is 16.6. The average molecular weight is 324 g/mol. The maximum absolute atomic E-state index is 11.3. The normalized spacial score (nSPS) is 16.2. The van der Waals surface area contributed by atoms with Gasteiger partial charge in [0.1, 0.15) is 18.3 Å². The first-order valence-corrected chi connectivity index (χ1v) is 5.95. The van der Waals surface area contributed by atoms with Crippen molar-refractivity contribution >= 4 is 23.7 Å². The number of Topliss-reactive ketones (excluding diaryl/α,β-unsaturated/α-hetero) is 1. The van der Waals surface area contributed by atoms with Gasteiger partial charge in [0.25, 0.3) is 0 Å². The van der Waals surface area contributed by atoms with Crippen LogP contribution in [-0.2, 0) is 23.9 Å². The molecule has 0 rings (SSSR count). The zero-order chi connectivity index (χ0) is 17.4. The van der Waals surface area contributed by atoms with E-state index in [0.717, 1.165) is 0 Å². The van der Waals surface area contributed by atoms with E-state index < -0.39 is 67.6 Å². The van der Waals surface area contributed by atoms with Gasteiger partial charge in [-0.25, -0.2) is 9.59 Å². The maximum Gasteiger partial charge on any atom is 0.375 e. The number of carboxylic acids is 2. The molecule has 0 aromatic heterocycles. The van der Waals surface area contributed by atoms with Crippen LogP contribution in [0.15, 0.2) is 0 Å². The van der Waals surface area contributed by atoms with Crippen LogP contribution in [0.25, 0.3) is 0 Å². The van der Waals surface area contributed by atoms with E-state index in [4.69, 9.17) is 20.4 Å². The molecule has 0 radical (unpaired) electrons. The zero-order valence-corrected chi connectivity index (χ0v) is 11.2. The number of esters is 1. The minimum Gasteiger partial charge on any atom is -0.481 e. The fraction of sp³-hybridized carbons (Fsp3) is 0.636. The molecule has 0 saturated carbocycles. The second-order valence-electron chi connectivity index (χ2n) is 4.21. The Hall–Kier alpha value is -2.08. The third-order valence-corrected chi connectivity index (χ3v) is 2.51. The van der Waals surface area contributed by atoms with Gasteiger partial charge in [-0.2, -0.15) is 0 Å². The fourth-order valence-corrected chi connectivity index (χ4v) is 1.28. The molecule has 11 heteroatoms. The summed E-state index contributed by atoms with van der Waals surface area (Å²) in [6, 6.07) is 0.